The summed E-state index contributed by atoms with van der Waals surface area (Å²) in [5.74, 6) is 0.911. The minimum atomic E-state index is -3.60. The maximum atomic E-state index is 12.5. The van der Waals surface area contributed by atoms with Crippen molar-refractivity contribution in [3.8, 4) is 0 Å². The molecule has 4 N–H and O–H groups in total. The van der Waals surface area contributed by atoms with Gasteiger partial charge in [0.05, 0.1) is 6.20 Å². The minimum absolute atomic E-state index is 0.125. The standard InChI is InChI=1S/C13H24N4O2S/c1-3-11-15-8-12(16-11)20(18,19)17-13(9-14)7-5-4-6-10(13)2/h8,10,17H,3-7,9,14H2,1-2H3,(H,15,16). The Morgan fingerprint density at radius 2 is 2.30 bits per heavy atom. The van der Waals surface area contributed by atoms with E-state index in [1.54, 1.807) is 0 Å². The number of aromatic amines is 1. The molecule has 1 saturated carbocycles. The van der Waals surface area contributed by atoms with E-state index >= 15 is 0 Å². The molecule has 1 fully saturated rings. The van der Waals surface area contributed by atoms with Gasteiger partial charge in [0.2, 0.25) is 0 Å². The maximum Gasteiger partial charge on any atom is 0.258 e. The SMILES string of the molecule is CCc1ncc(S(=O)(=O)NC2(CN)CCCCC2C)[nH]1. The number of rotatable bonds is 5. The van der Waals surface area contributed by atoms with Crippen LogP contribution in [0.4, 0.5) is 0 Å². The molecule has 0 aromatic carbocycles. The zero-order chi connectivity index (χ0) is 14.8. The van der Waals surface area contributed by atoms with Crippen LogP contribution < -0.4 is 10.5 Å². The van der Waals surface area contributed by atoms with Crippen molar-refractivity contribution in [2.24, 2.45) is 11.7 Å². The zero-order valence-corrected chi connectivity index (χ0v) is 13.0. The predicted octanol–water partition coefficient (Wildman–Crippen LogP) is 1.16. The number of hydrogen-bond acceptors (Lipinski definition) is 4. The first kappa shape index (κ1) is 15.5. The van der Waals surface area contributed by atoms with Crippen molar-refractivity contribution < 1.29 is 8.42 Å². The van der Waals surface area contributed by atoms with Gasteiger partial charge in [-0.15, -0.1) is 0 Å². The summed E-state index contributed by atoms with van der Waals surface area (Å²) in [7, 11) is -3.60. The maximum absolute atomic E-state index is 12.5. The van der Waals surface area contributed by atoms with Gasteiger partial charge in [0.1, 0.15) is 5.82 Å². The lowest BCUT2D eigenvalue weighted by atomic mass is 9.74. The number of hydrogen-bond donors (Lipinski definition) is 3. The molecule has 7 heteroatoms. The molecule has 1 aliphatic rings. The van der Waals surface area contributed by atoms with Crippen LogP contribution >= 0.6 is 0 Å². The van der Waals surface area contributed by atoms with Crippen molar-refractivity contribution in [3.05, 3.63) is 12.0 Å². The quantitative estimate of drug-likeness (QED) is 0.759. The molecule has 0 radical (unpaired) electrons. The second-order valence-corrected chi connectivity index (χ2v) is 7.31. The van der Waals surface area contributed by atoms with Gasteiger partial charge < -0.3 is 10.7 Å². The Hall–Kier alpha value is -0.920. The van der Waals surface area contributed by atoms with E-state index in [1.807, 2.05) is 6.92 Å². The number of imidazole rings is 1. The first-order valence-corrected chi connectivity index (χ1v) is 8.70. The van der Waals surface area contributed by atoms with Gasteiger partial charge in [-0.2, -0.15) is 0 Å². The van der Waals surface area contributed by atoms with Crippen LogP contribution in [-0.2, 0) is 16.4 Å². The first-order chi connectivity index (χ1) is 9.43. The number of aryl methyl sites for hydroxylation is 1. The summed E-state index contributed by atoms with van der Waals surface area (Å²) in [4.78, 5) is 6.90. The van der Waals surface area contributed by atoms with E-state index in [0.29, 0.717) is 18.8 Å². The monoisotopic (exact) mass is 300 g/mol. The predicted molar refractivity (Wildman–Crippen MR) is 77.7 cm³/mol. The van der Waals surface area contributed by atoms with Gasteiger partial charge in [0, 0.05) is 18.5 Å². The molecular weight excluding hydrogens is 276 g/mol. The number of H-pyrrole nitrogens is 1. The molecule has 20 heavy (non-hydrogen) atoms. The third-order valence-corrected chi connectivity index (χ3v) is 5.85. The molecule has 1 heterocycles. The summed E-state index contributed by atoms with van der Waals surface area (Å²) in [6, 6.07) is 0. The van der Waals surface area contributed by atoms with Crippen molar-refractivity contribution in [1.82, 2.24) is 14.7 Å². The summed E-state index contributed by atoms with van der Waals surface area (Å²) in [6.45, 7) is 4.31. The normalized spacial score (nSPS) is 27.6. The van der Waals surface area contributed by atoms with E-state index in [2.05, 4.69) is 21.6 Å². The van der Waals surface area contributed by atoms with Gasteiger partial charge in [0.15, 0.2) is 5.03 Å². The summed E-state index contributed by atoms with van der Waals surface area (Å²) < 4.78 is 27.8. The van der Waals surface area contributed by atoms with Crippen LogP contribution in [0.15, 0.2) is 11.2 Å². The Morgan fingerprint density at radius 3 is 2.85 bits per heavy atom. The Bertz CT molecular complexity index is 554. The van der Waals surface area contributed by atoms with Gasteiger partial charge in [0.25, 0.3) is 10.0 Å². The van der Waals surface area contributed by atoms with E-state index in [1.165, 1.54) is 6.20 Å². The highest BCUT2D eigenvalue weighted by Crippen LogP contribution is 2.34. The molecule has 1 aromatic rings. The number of nitrogens with zero attached hydrogens (tertiary/aromatic N) is 1. The number of nitrogens with two attached hydrogens (primary N) is 1. The summed E-state index contributed by atoms with van der Waals surface area (Å²) >= 11 is 0. The molecule has 114 valence electrons. The molecule has 0 bridgehead atoms. The second kappa shape index (κ2) is 5.83. The summed E-state index contributed by atoms with van der Waals surface area (Å²) in [6.07, 6.45) is 5.98. The lowest BCUT2D eigenvalue weighted by Crippen LogP contribution is -2.59. The van der Waals surface area contributed by atoms with Crippen molar-refractivity contribution >= 4 is 10.0 Å². The zero-order valence-electron chi connectivity index (χ0n) is 12.1. The minimum Gasteiger partial charge on any atom is -0.332 e. The molecule has 1 aromatic heterocycles. The summed E-state index contributed by atoms with van der Waals surface area (Å²) in [5, 5.41) is 0.125. The van der Waals surface area contributed by atoms with Crippen LogP contribution in [0.2, 0.25) is 0 Å². The average Bonchev–Trinajstić information content (AvgIpc) is 2.91. The molecule has 0 aliphatic heterocycles. The van der Waals surface area contributed by atoms with Crippen molar-refractivity contribution in [3.63, 3.8) is 0 Å². The van der Waals surface area contributed by atoms with Crippen LogP contribution in [0.5, 0.6) is 0 Å². The Morgan fingerprint density at radius 1 is 1.55 bits per heavy atom. The topological polar surface area (TPSA) is 101 Å². The van der Waals surface area contributed by atoms with Gasteiger partial charge in [-0.1, -0.05) is 26.7 Å². The van der Waals surface area contributed by atoms with Crippen LogP contribution in [0.25, 0.3) is 0 Å². The Kier molecular flexibility index (Phi) is 4.51. The highest BCUT2D eigenvalue weighted by Gasteiger charge is 2.40. The molecule has 2 unspecified atom stereocenters. The molecule has 1 aliphatic carbocycles. The lowest BCUT2D eigenvalue weighted by Gasteiger charge is -2.42. The van der Waals surface area contributed by atoms with Crippen molar-refractivity contribution in [1.29, 1.82) is 0 Å². The van der Waals surface area contributed by atoms with Crippen molar-refractivity contribution in [2.45, 2.75) is 56.5 Å². The number of sulfonamides is 1. The molecule has 0 spiro atoms. The first-order valence-electron chi connectivity index (χ1n) is 7.21. The Balaban J connectivity index is 2.25. The van der Waals surface area contributed by atoms with Crippen LogP contribution in [0, 0.1) is 5.92 Å². The third-order valence-electron chi connectivity index (χ3n) is 4.38. The molecule has 6 nitrogen and oxygen atoms in total. The van der Waals surface area contributed by atoms with Gasteiger partial charge >= 0.3 is 0 Å². The number of aromatic nitrogens is 2. The fraction of sp³-hybridized carbons (Fsp3) is 0.769. The molecule has 0 saturated heterocycles. The van der Waals surface area contributed by atoms with Crippen molar-refractivity contribution in [2.75, 3.05) is 6.54 Å². The molecular formula is C13H24N4O2S. The highest BCUT2D eigenvalue weighted by atomic mass is 32.2. The van der Waals surface area contributed by atoms with E-state index in [9.17, 15) is 8.42 Å². The van der Waals surface area contributed by atoms with E-state index in [4.69, 9.17) is 5.73 Å². The van der Waals surface area contributed by atoms with Crippen LogP contribution in [0.1, 0.15) is 45.4 Å². The van der Waals surface area contributed by atoms with Gasteiger partial charge in [-0.3, -0.25) is 0 Å². The lowest BCUT2D eigenvalue weighted by molar-refractivity contribution is 0.191. The smallest absolute Gasteiger partial charge is 0.258 e. The summed E-state index contributed by atoms with van der Waals surface area (Å²) in [5.41, 5.74) is 5.36. The second-order valence-electron chi connectivity index (χ2n) is 5.66. The fourth-order valence-electron chi connectivity index (χ4n) is 2.89. The largest absolute Gasteiger partial charge is 0.332 e. The van der Waals surface area contributed by atoms with E-state index in [0.717, 1.165) is 25.7 Å². The molecule has 2 atom stereocenters. The van der Waals surface area contributed by atoms with Gasteiger partial charge in [-0.25, -0.2) is 18.1 Å². The average molecular weight is 300 g/mol. The Labute approximate surface area is 120 Å². The molecule has 2 rings (SSSR count). The molecule has 0 amide bonds. The fourth-order valence-corrected chi connectivity index (χ4v) is 4.37. The highest BCUT2D eigenvalue weighted by molar-refractivity contribution is 7.89. The van der Waals surface area contributed by atoms with Crippen LogP contribution in [-0.4, -0.2) is 30.5 Å². The van der Waals surface area contributed by atoms with Crippen LogP contribution in [0.3, 0.4) is 0 Å². The number of nitrogens with one attached hydrogen (secondary N) is 2. The van der Waals surface area contributed by atoms with Gasteiger partial charge in [-0.05, 0) is 18.8 Å². The van der Waals surface area contributed by atoms with E-state index < -0.39 is 15.6 Å². The third kappa shape index (κ3) is 2.89. The van der Waals surface area contributed by atoms with E-state index in [-0.39, 0.29) is 10.9 Å².